The normalized spacial score (nSPS) is 12.1. The number of rotatable bonds is 7. The second-order valence-electron chi connectivity index (χ2n) is 5.69. The number of nitrogens with one attached hydrogen (secondary N) is 2. The van der Waals surface area contributed by atoms with Gasteiger partial charge < -0.3 is 15.7 Å². The average Bonchev–Trinajstić information content (AvgIpc) is 2.62. The molecule has 3 rings (SSSR count). The molecule has 0 aliphatic rings. The van der Waals surface area contributed by atoms with Crippen LogP contribution in [0.4, 0.5) is 11.8 Å². The Morgan fingerprint density at radius 2 is 1.75 bits per heavy atom. The van der Waals surface area contributed by atoms with E-state index in [1.54, 1.807) is 0 Å². The minimum absolute atomic E-state index is 0.109. The number of aliphatic hydroxyl groups excluding tert-OH is 1. The Bertz CT molecular complexity index is 792. The molecule has 5 nitrogen and oxygen atoms in total. The molecule has 3 N–H and O–H groups in total. The van der Waals surface area contributed by atoms with Crippen LogP contribution < -0.4 is 10.6 Å². The van der Waals surface area contributed by atoms with Crippen LogP contribution in [0.1, 0.15) is 24.9 Å². The Kier molecular flexibility index (Phi) is 5.23. The maximum atomic E-state index is 8.97. The van der Waals surface area contributed by atoms with Gasteiger partial charge in [0.15, 0.2) is 0 Å². The van der Waals surface area contributed by atoms with Gasteiger partial charge in [0.05, 0.1) is 11.6 Å². The number of anilines is 2. The van der Waals surface area contributed by atoms with Crippen LogP contribution in [-0.2, 0) is 0 Å². The molecule has 24 heavy (non-hydrogen) atoms. The average molecular weight is 322 g/mol. The largest absolute Gasteiger partial charge is 0.396 e. The molecule has 2 aromatic carbocycles. The number of aliphatic hydroxyl groups is 1. The van der Waals surface area contributed by atoms with Crippen molar-refractivity contribution in [3.63, 3.8) is 0 Å². The molecule has 0 aliphatic carbocycles. The Morgan fingerprint density at radius 1 is 1.00 bits per heavy atom. The SMILES string of the molecule is CC(Nc1nc(NCCCO)c2ccccc2n1)c1ccccc1. The third kappa shape index (κ3) is 3.81. The van der Waals surface area contributed by atoms with Crippen molar-refractivity contribution < 1.29 is 5.11 Å². The first-order chi connectivity index (χ1) is 11.8. The number of hydrogen-bond donors (Lipinski definition) is 3. The second-order valence-corrected chi connectivity index (χ2v) is 5.69. The molecule has 1 aromatic heterocycles. The molecule has 1 heterocycles. The Hall–Kier alpha value is -2.66. The highest BCUT2D eigenvalue weighted by molar-refractivity contribution is 5.90. The van der Waals surface area contributed by atoms with Gasteiger partial charge in [-0.1, -0.05) is 42.5 Å². The van der Waals surface area contributed by atoms with E-state index in [0.29, 0.717) is 18.9 Å². The molecule has 0 bridgehead atoms. The number of para-hydroxylation sites is 1. The standard InChI is InChI=1S/C19H22N4O/c1-14(15-8-3-2-4-9-15)21-19-22-17-11-6-5-10-16(17)18(23-19)20-12-7-13-24/h2-6,8-11,14,24H,7,12-13H2,1H3,(H2,20,21,22,23). The fourth-order valence-corrected chi connectivity index (χ4v) is 2.58. The van der Waals surface area contributed by atoms with Crippen molar-refractivity contribution in [1.29, 1.82) is 0 Å². The third-order valence-corrected chi connectivity index (χ3v) is 3.88. The molecule has 0 saturated heterocycles. The smallest absolute Gasteiger partial charge is 0.225 e. The fourth-order valence-electron chi connectivity index (χ4n) is 2.58. The Balaban J connectivity index is 1.87. The van der Waals surface area contributed by atoms with Crippen LogP contribution in [0.5, 0.6) is 0 Å². The van der Waals surface area contributed by atoms with Crippen LogP contribution in [0, 0.1) is 0 Å². The van der Waals surface area contributed by atoms with Gasteiger partial charge in [-0.05, 0) is 31.0 Å². The van der Waals surface area contributed by atoms with Crippen LogP contribution in [0.3, 0.4) is 0 Å². The van der Waals surface area contributed by atoms with E-state index in [1.807, 2.05) is 42.5 Å². The van der Waals surface area contributed by atoms with E-state index in [-0.39, 0.29) is 12.6 Å². The first kappa shape index (κ1) is 16.2. The van der Waals surface area contributed by atoms with Gasteiger partial charge >= 0.3 is 0 Å². The highest BCUT2D eigenvalue weighted by Crippen LogP contribution is 2.24. The summed E-state index contributed by atoms with van der Waals surface area (Å²) in [5.74, 6) is 1.38. The van der Waals surface area contributed by atoms with Gasteiger partial charge in [0.1, 0.15) is 5.82 Å². The van der Waals surface area contributed by atoms with E-state index in [4.69, 9.17) is 5.11 Å². The summed E-state index contributed by atoms with van der Waals surface area (Å²) in [6.07, 6.45) is 0.682. The maximum absolute atomic E-state index is 8.97. The summed E-state index contributed by atoms with van der Waals surface area (Å²) in [5, 5.41) is 16.6. The molecule has 0 aliphatic heterocycles. The summed E-state index contributed by atoms with van der Waals surface area (Å²) in [6.45, 7) is 2.92. The van der Waals surface area contributed by atoms with Crippen molar-refractivity contribution in [2.75, 3.05) is 23.8 Å². The number of nitrogens with zero attached hydrogens (tertiary/aromatic N) is 2. The lowest BCUT2D eigenvalue weighted by Gasteiger charge is -2.16. The lowest BCUT2D eigenvalue weighted by molar-refractivity contribution is 0.292. The van der Waals surface area contributed by atoms with Crippen molar-refractivity contribution >= 4 is 22.7 Å². The molecular weight excluding hydrogens is 300 g/mol. The van der Waals surface area contributed by atoms with Gasteiger partial charge in [0.2, 0.25) is 5.95 Å². The number of aromatic nitrogens is 2. The zero-order valence-corrected chi connectivity index (χ0v) is 13.7. The minimum atomic E-state index is 0.109. The van der Waals surface area contributed by atoms with Gasteiger partial charge in [0, 0.05) is 18.5 Å². The fraction of sp³-hybridized carbons (Fsp3) is 0.263. The van der Waals surface area contributed by atoms with Gasteiger partial charge in [-0.25, -0.2) is 4.98 Å². The number of fused-ring (bicyclic) bond motifs is 1. The van der Waals surface area contributed by atoms with Crippen LogP contribution >= 0.6 is 0 Å². The van der Waals surface area contributed by atoms with Gasteiger partial charge in [0.25, 0.3) is 0 Å². The number of hydrogen-bond acceptors (Lipinski definition) is 5. The van der Waals surface area contributed by atoms with E-state index in [1.165, 1.54) is 5.56 Å². The van der Waals surface area contributed by atoms with Crippen LogP contribution in [0.15, 0.2) is 54.6 Å². The summed E-state index contributed by atoms with van der Waals surface area (Å²) in [4.78, 5) is 9.24. The summed E-state index contributed by atoms with van der Waals surface area (Å²) < 4.78 is 0. The first-order valence-electron chi connectivity index (χ1n) is 8.21. The lowest BCUT2D eigenvalue weighted by atomic mass is 10.1. The van der Waals surface area contributed by atoms with E-state index < -0.39 is 0 Å². The molecule has 1 atom stereocenters. The predicted octanol–water partition coefficient (Wildman–Crippen LogP) is 3.60. The summed E-state index contributed by atoms with van der Waals surface area (Å²) in [6, 6.07) is 18.3. The molecule has 0 spiro atoms. The summed E-state index contributed by atoms with van der Waals surface area (Å²) >= 11 is 0. The van der Waals surface area contributed by atoms with Gasteiger partial charge in [-0.3, -0.25) is 0 Å². The van der Waals surface area contributed by atoms with E-state index in [9.17, 15) is 0 Å². The monoisotopic (exact) mass is 322 g/mol. The highest BCUT2D eigenvalue weighted by atomic mass is 16.3. The summed E-state index contributed by atoms with van der Waals surface area (Å²) in [5.41, 5.74) is 2.07. The molecule has 5 heteroatoms. The Labute approximate surface area is 141 Å². The quantitative estimate of drug-likeness (QED) is 0.580. The van der Waals surface area contributed by atoms with Crippen LogP contribution in [-0.4, -0.2) is 28.2 Å². The molecule has 0 radical (unpaired) electrons. The zero-order valence-electron chi connectivity index (χ0n) is 13.7. The molecule has 0 amide bonds. The molecule has 0 saturated carbocycles. The van der Waals surface area contributed by atoms with Gasteiger partial charge in [-0.15, -0.1) is 0 Å². The molecule has 0 fully saturated rings. The highest BCUT2D eigenvalue weighted by Gasteiger charge is 2.10. The minimum Gasteiger partial charge on any atom is -0.396 e. The third-order valence-electron chi connectivity index (χ3n) is 3.88. The molecule has 1 unspecified atom stereocenters. The van der Waals surface area contributed by atoms with Crippen molar-refractivity contribution in [3.05, 3.63) is 60.2 Å². The zero-order chi connectivity index (χ0) is 16.8. The van der Waals surface area contributed by atoms with Crippen molar-refractivity contribution in [1.82, 2.24) is 9.97 Å². The lowest BCUT2D eigenvalue weighted by Crippen LogP contribution is -2.12. The maximum Gasteiger partial charge on any atom is 0.225 e. The van der Waals surface area contributed by atoms with Crippen molar-refractivity contribution in [2.45, 2.75) is 19.4 Å². The van der Waals surface area contributed by atoms with Crippen molar-refractivity contribution in [3.8, 4) is 0 Å². The number of benzene rings is 2. The van der Waals surface area contributed by atoms with Gasteiger partial charge in [-0.2, -0.15) is 4.98 Å². The molecular formula is C19H22N4O. The molecule has 124 valence electrons. The first-order valence-corrected chi connectivity index (χ1v) is 8.21. The van der Waals surface area contributed by atoms with Crippen LogP contribution in [0.2, 0.25) is 0 Å². The van der Waals surface area contributed by atoms with Crippen LogP contribution in [0.25, 0.3) is 10.9 Å². The van der Waals surface area contributed by atoms with E-state index in [0.717, 1.165) is 16.7 Å². The predicted molar refractivity (Wildman–Crippen MR) is 98.2 cm³/mol. The van der Waals surface area contributed by atoms with E-state index >= 15 is 0 Å². The second kappa shape index (κ2) is 7.75. The van der Waals surface area contributed by atoms with E-state index in [2.05, 4.69) is 39.7 Å². The topological polar surface area (TPSA) is 70.1 Å². The summed E-state index contributed by atoms with van der Waals surface area (Å²) in [7, 11) is 0. The molecule has 3 aromatic rings. The Morgan fingerprint density at radius 3 is 2.54 bits per heavy atom. The van der Waals surface area contributed by atoms with Crippen molar-refractivity contribution in [2.24, 2.45) is 0 Å².